The van der Waals surface area contributed by atoms with Crippen LogP contribution in [0.4, 0.5) is 5.69 Å². The van der Waals surface area contributed by atoms with E-state index in [1.165, 1.54) is 6.08 Å². The van der Waals surface area contributed by atoms with Crippen LogP contribution in [0, 0.1) is 11.3 Å². The number of carbonyl (C=O) groups is 1. The minimum atomic E-state index is -0.445. The lowest BCUT2D eigenvalue weighted by Crippen LogP contribution is -2.13. The molecule has 0 aliphatic carbocycles. The van der Waals surface area contributed by atoms with Crippen LogP contribution in [-0.2, 0) is 4.79 Å². The zero-order valence-electron chi connectivity index (χ0n) is 13.4. The standard InChI is InChI=1S/C20H18N2O2/c1-2-24-19-13-11-18(12-14-19)22-20(23)17(15-21)10-6-9-16-7-4-3-5-8-16/h3-14H,2H2,1H3,(H,22,23)/b9-6+,17-10-. The quantitative estimate of drug-likeness (QED) is 0.493. The number of hydrogen-bond acceptors (Lipinski definition) is 3. The molecular weight excluding hydrogens is 300 g/mol. The number of nitrogens with zero attached hydrogens (tertiary/aromatic N) is 1. The minimum absolute atomic E-state index is 0.0380. The van der Waals surface area contributed by atoms with Crippen molar-refractivity contribution in [2.24, 2.45) is 0 Å². The van der Waals surface area contributed by atoms with Gasteiger partial charge in [0.1, 0.15) is 17.4 Å². The molecule has 0 unspecified atom stereocenters. The van der Waals surface area contributed by atoms with Crippen LogP contribution < -0.4 is 10.1 Å². The molecule has 2 aromatic rings. The van der Waals surface area contributed by atoms with E-state index in [-0.39, 0.29) is 5.57 Å². The number of allylic oxidation sites excluding steroid dienone is 2. The first-order valence-corrected chi connectivity index (χ1v) is 7.60. The Labute approximate surface area is 141 Å². The molecule has 4 nitrogen and oxygen atoms in total. The van der Waals surface area contributed by atoms with Gasteiger partial charge < -0.3 is 10.1 Å². The van der Waals surface area contributed by atoms with Crippen LogP contribution in [0.3, 0.4) is 0 Å². The van der Waals surface area contributed by atoms with Gasteiger partial charge in [0.2, 0.25) is 0 Å². The van der Waals surface area contributed by atoms with Gasteiger partial charge in [-0.25, -0.2) is 0 Å². The van der Waals surface area contributed by atoms with Crippen LogP contribution in [0.1, 0.15) is 12.5 Å². The fourth-order valence-corrected chi connectivity index (χ4v) is 1.98. The lowest BCUT2D eigenvalue weighted by atomic mass is 10.2. The van der Waals surface area contributed by atoms with Gasteiger partial charge in [-0.1, -0.05) is 42.5 Å². The first-order chi connectivity index (χ1) is 11.7. The second-order valence-corrected chi connectivity index (χ2v) is 4.87. The molecule has 0 heterocycles. The zero-order valence-corrected chi connectivity index (χ0v) is 13.4. The first kappa shape index (κ1) is 17.0. The topological polar surface area (TPSA) is 62.1 Å². The van der Waals surface area contributed by atoms with Crippen molar-refractivity contribution >= 4 is 17.7 Å². The number of benzene rings is 2. The summed E-state index contributed by atoms with van der Waals surface area (Å²) in [4.78, 5) is 12.1. The Morgan fingerprint density at radius 2 is 1.88 bits per heavy atom. The summed E-state index contributed by atoms with van der Waals surface area (Å²) >= 11 is 0. The van der Waals surface area contributed by atoms with Crippen LogP contribution >= 0.6 is 0 Å². The fourth-order valence-electron chi connectivity index (χ4n) is 1.98. The zero-order chi connectivity index (χ0) is 17.2. The summed E-state index contributed by atoms with van der Waals surface area (Å²) in [5.41, 5.74) is 1.64. The van der Waals surface area contributed by atoms with Crippen LogP contribution in [0.25, 0.3) is 6.08 Å². The van der Waals surface area contributed by atoms with E-state index < -0.39 is 5.91 Å². The maximum atomic E-state index is 12.1. The highest BCUT2D eigenvalue weighted by molar-refractivity contribution is 6.06. The fraction of sp³-hybridized carbons (Fsp3) is 0.100. The van der Waals surface area contributed by atoms with Gasteiger partial charge in [-0.05, 0) is 42.8 Å². The van der Waals surface area contributed by atoms with E-state index in [1.807, 2.05) is 49.4 Å². The van der Waals surface area contributed by atoms with Crippen molar-refractivity contribution in [2.45, 2.75) is 6.92 Å². The molecule has 4 heteroatoms. The number of nitrogens with one attached hydrogen (secondary N) is 1. The second-order valence-electron chi connectivity index (χ2n) is 4.87. The van der Waals surface area contributed by atoms with Gasteiger partial charge >= 0.3 is 0 Å². The number of rotatable bonds is 6. The number of anilines is 1. The number of nitriles is 1. The van der Waals surface area contributed by atoms with E-state index in [4.69, 9.17) is 10.00 Å². The minimum Gasteiger partial charge on any atom is -0.494 e. The third-order valence-corrected chi connectivity index (χ3v) is 3.14. The highest BCUT2D eigenvalue weighted by Crippen LogP contribution is 2.16. The largest absolute Gasteiger partial charge is 0.494 e. The van der Waals surface area contributed by atoms with Gasteiger partial charge in [-0.15, -0.1) is 0 Å². The van der Waals surface area contributed by atoms with E-state index >= 15 is 0 Å². The summed E-state index contributed by atoms with van der Waals surface area (Å²) in [6, 6.07) is 18.6. The Bertz CT molecular complexity index is 770. The van der Waals surface area contributed by atoms with E-state index in [9.17, 15) is 4.79 Å². The van der Waals surface area contributed by atoms with E-state index in [1.54, 1.807) is 30.3 Å². The normalized spacial score (nSPS) is 11.1. The van der Waals surface area contributed by atoms with Crippen LogP contribution in [-0.4, -0.2) is 12.5 Å². The number of hydrogen-bond donors (Lipinski definition) is 1. The summed E-state index contributed by atoms with van der Waals surface area (Å²) in [5, 5.41) is 11.8. The summed E-state index contributed by atoms with van der Waals surface area (Å²) in [7, 11) is 0. The lowest BCUT2D eigenvalue weighted by Gasteiger charge is -2.06. The molecule has 0 spiro atoms. The molecule has 0 aliphatic rings. The molecule has 0 saturated heterocycles. The molecule has 0 radical (unpaired) electrons. The van der Waals surface area contributed by atoms with Gasteiger partial charge in [-0.3, -0.25) is 4.79 Å². The van der Waals surface area contributed by atoms with Crippen molar-refractivity contribution in [2.75, 3.05) is 11.9 Å². The molecule has 0 fully saturated rings. The molecule has 120 valence electrons. The molecule has 2 rings (SSSR count). The molecule has 0 atom stereocenters. The van der Waals surface area contributed by atoms with Crippen molar-refractivity contribution in [1.82, 2.24) is 0 Å². The van der Waals surface area contributed by atoms with Crippen LogP contribution in [0.15, 0.2) is 72.3 Å². The van der Waals surface area contributed by atoms with Crippen molar-refractivity contribution in [3.05, 3.63) is 77.9 Å². The Kier molecular flexibility index (Phi) is 6.36. The maximum absolute atomic E-state index is 12.1. The first-order valence-electron chi connectivity index (χ1n) is 7.60. The van der Waals surface area contributed by atoms with E-state index in [0.717, 1.165) is 11.3 Å². The van der Waals surface area contributed by atoms with Crippen molar-refractivity contribution in [1.29, 1.82) is 5.26 Å². The van der Waals surface area contributed by atoms with Gasteiger partial charge in [0.25, 0.3) is 5.91 Å². The molecule has 1 amide bonds. The number of ether oxygens (including phenoxy) is 1. The molecule has 2 aromatic carbocycles. The maximum Gasteiger partial charge on any atom is 0.266 e. The Morgan fingerprint density at radius 1 is 1.17 bits per heavy atom. The van der Waals surface area contributed by atoms with Crippen molar-refractivity contribution in [3.63, 3.8) is 0 Å². The second kappa shape index (κ2) is 8.96. The van der Waals surface area contributed by atoms with Crippen molar-refractivity contribution < 1.29 is 9.53 Å². The molecule has 24 heavy (non-hydrogen) atoms. The highest BCUT2D eigenvalue weighted by Gasteiger charge is 2.08. The van der Waals surface area contributed by atoms with Crippen molar-refractivity contribution in [3.8, 4) is 11.8 Å². The van der Waals surface area contributed by atoms with E-state index in [0.29, 0.717) is 12.3 Å². The average Bonchev–Trinajstić information content (AvgIpc) is 2.61. The smallest absolute Gasteiger partial charge is 0.266 e. The SMILES string of the molecule is CCOc1ccc(NC(=O)/C(C#N)=C\C=C\c2ccccc2)cc1. The molecule has 1 N–H and O–H groups in total. The predicted octanol–water partition coefficient (Wildman–Crippen LogP) is 4.19. The van der Waals surface area contributed by atoms with Crippen LogP contribution in [0.2, 0.25) is 0 Å². The van der Waals surface area contributed by atoms with Gasteiger partial charge in [0, 0.05) is 5.69 Å². The number of carbonyl (C=O) groups excluding carboxylic acids is 1. The molecule has 0 saturated carbocycles. The third-order valence-electron chi connectivity index (χ3n) is 3.14. The monoisotopic (exact) mass is 318 g/mol. The predicted molar refractivity (Wildman–Crippen MR) is 95.4 cm³/mol. The highest BCUT2D eigenvalue weighted by atomic mass is 16.5. The molecule has 0 aliphatic heterocycles. The van der Waals surface area contributed by atoms with Gasteiger partial charge in [-0.2, -0.15) is 5.26 Å². The molecular formula is C20H18N2O2. The molecule has 0 bridgehead atoms. The van der Waals surface area contributed by atoms with Gasteiger partial charge in [0.15, 0.2) is 0 Å². The number of amides is 1. The third kappa shape index (κ3) is 5.15. The summed E-state index contributed by atoms with van der Waals surface area (Å²) in [5.74, 6) is 0.289. The Hall–Kier alpha value is -3.32. The van der Waals surface area contributed by atoms with Gasteiger partial charge in [0.05, 0.1) is 6.61 Å². The lowest BCUT2D eigenvalue weighted by molar-refractivity contribution is -0.112. The van der Waals surface area contributed by atoms with Crippen LogP contribution in [0.5, 0.6) is 5.75 Å². The Balaban J connectivity index is 2.02. The summed E-state index contributed by atoms with van der Waals surface area (Å²) in [6.45, 7) is 2.49. The van der Waals surface area contributed by atoms with E-state index in [2.05, 4.69) is 5.32 Å². The molecule has 0 aromatic heterocycles. The summed E-state index contributed by atoms with van der Waals surface area (Å²) < 4.78 is 5.34. The Morgan fingerprint density at radius 3 is 2.50 bits per heavy atom. The summed E-state index contributed by atoms with van der Waals surface area (Å²) in [6.07, 6.45) is 5.02. The average molecular weight is 318 g/mol.